The van der Waals surface area contributed by atoms with Crippen molar-refractivity contribution in [1.82, 2.24) is 14.8 Å². The molecular weight excluding hydrogens is 289 g/mol. The highest BCUT2D eigenvalue weighted by Crippen LogP contribution is 2.39. The van der Waals surface area contributed by atoms with Crippen molar-refractivity contribution in [3.63, 3.8) is 0 Å². The van der Waals surface area contributed by atoms with Crippen LogP contribution in [0.15, 0.2) is 29.0 Å². The van der Waals surface area contributed by atoms with Crippen LogP contribution >= 0.6 is 27.5 Å². The minimum absolute atomic E-state index is 0.576. The van der Waals surface area contributed by atoms with Crippen molar-refractivity contribution in [2.24, 2.45) is 0 Å². The molecule has 5 heteroatoms. The van der Waals surface area contributed by atoms with Crippen LogP contribution in [-0.2, 0) is 0 Å². The first-order chi connectivity index (χ1) is 7.75. The van der Waals surface area contributed by atoms with Gasteiger partial charge in [0, 0.05) is 21.1 Å². The van der Waals surface area contributed by atoms with E-state index in [0.717, 1.165) is 15.9 Å². The predicted molar refractivity (Wildman–Crippen MR) is 66.4 cm³/mol. The quantitative estimate of drug-likeness (QED) is 0.846. The molecule has 1 heterocycles. The van der Waals surface area contributed by atoms with E-state index in [9.17, 15) is 0 Å². The molecule has 3 nitrogen and oxygen atoms in total. The Morgan fingerprint density at radius 1 is 1.38 bits per heavy atom. The summed E-state index contributed by atoms with van der Waals surface area (Å²) < 4.78 is 3.09. The molecule has 0 amide bonds. The normalized spacial score (nSPS) is 15.4. The summed E-state index contributed by atoms with van der Waals surface area (Å²) in [6.45, 7) is 0. The lowest BCUT2D eigenvalue weighted by atomic mass is 10.2. The van der Waals surface area contributed by atoms with Gasteiger partial charge in [-0.05, 0) is 47.0 Å². The van der Waals surface area contributed by atoms with Gasteiger partial charge >= 0.3 is 0 Å². The van der Waals surface area contributed by atoms with Gasteiger partial charge in [-0.25, -0.2) is 0 Å². The number of halogens is 2. The maximum atomic E-state index is 5.92. The van der Waals surface area contributed by atoms with Crippen molar-refractivity contribution in [3.05, 3.63) is 34.0 Å². The lowest BCUT2D eigenvalue weighted by Gasteiger charge is -2.06. The van der Waals surface area contributed by atoms with Crippen molar-refractivity contribution in [2.45, 2.75) is 18.9 Å². The molecule has 0 atom stereocenters. The molecule has 0 saturated heterocycles. The van der Waals surface area contributed by atoms with E-state index >= 15 is 0 Å². The zero-order valence-corrected chi connectivity index (χ0v) is 10.7. The van der Waals surface area contributed by atoms with Gasteiger partial charge in [0.05, 0.1) is 0 Å². The predicted octanol–water partition coefficient (Wildman–Crippen LogP) is 3.70. The van der Waals surface area contributed by atoms with Gasteiger partial charge in [-0.3, -0.25) is 0 Å². The molecule has 1 fully saturated rings. The second-order valence-corrected chi connectivity index (χ2v) is 5.21. The molecule has 0 radical (unpaired) electrons. The van der Waals surface area contributed by atoms with Crippen molar-refractivity contribution < 1.29 is 0 Å². The summed E-state index contributed by atoms with van der Waals surface area (Å²) in [5.74, 6) is 0.908. The van der Waals surface area contributed by atoms with Crippen LogP contribution in [0.4, 0.5) is 0 Å². The fraction of sp³-hybridized carbons (Fsp3) is 0.273. The lowest BCUT2D eigenvalue weighted by molar-refractivity contribution is 0.746. The van der Waals surface area contributed by atoms with Crippen LogP contribution in [-0.4, -0.2) is 14.8 Å². The van der Waals surface area contributed by atoms with Gasteiger partial charge in [0.1, 0.15) is 6.33 Å². The fourth-order valence-electron chi connectivity index (χ4n) is 1.73. The summed E-state index contributed by atoms with van der Waals surface area (Å²) in [5, 5.41) is 8.88. The maximum Gasteiger partial charge on any atom is 0.165 e. The Kier molecular flexibility index (Phi) is 2.48. The minimum atomic E-state index is 0.576. The molecule has 1 aliphatic carbocycles. The second-order valence-electron chi connectivity index (χ2n) is 3.92. The summed E-state index contributed by atoms with van der Waals surface area (Å²) in [6.07, 6.45) is 4.24. The molecule has 1 saturated carbocycles. The highest BCUT2D eigenvalue weighted by molar-refractivity contribution is 9.10. The van der Waals surface area contributed by atoms with Gasteiger partial charge in [0.2, 0.25) is 0 Å². The first-order valence-corrected chi connectivity index (χ1v) is 6.28. The van der Waals surface area contributed by atoms with E-state index in [-0.39, 0.29) is 0 Å². The maximum absolute atomic E-state index is 5.92. The molecule has 3 rings (SSSR count). The first-order valence-electron chi connectivity index (χ1n) is 5.10. The van der Waals surface area contributed by atoms with Gasteiger partial charge in [0.15, 0.2) is 5.82 Å². The molecule has 16 heavy (non-hydrogen) atoms. The van der Waals surface area contributed by atoms with E-state index in [0.29, 0.717) is 11.1 Å². The van der Waals surface area contributed by atoms with Crippen LogP contribution in [0, 0.1) is 0 Å². The van der Waals surface area contributed by atoms with Crippen LogP contribution in [0.5, 0.6) is 0 Å². The van der Waals surface area contributed by atoms with E-state index in [1.165, 1.54) is 12.8 Å². The zero-order chi connectivity index (χ0) is 11.1. The lowest BCUT2D eigenvalue weighted by Crippen LogP contribution is -1.96. The topological polar surface area (TPSA) is 30.7 Å². The summed E-state index contributed by atoms with van der Waals surface area (Å²) in [6, 6.07) is 6.29. The van der Waals surface area contributed by atoms with Gasteiger partial charge in [-0.1, -0.05) is 11.6 Å². The van der Waals surface area contributed by atoms with Crippen LogP contribution < -0.4 is 0 Å². The summed E-state index contributed by atoms with van der Waals surface area (Å²) >= 11 is 9.43. The third-order valence-corrected chi connectivity index (χ3v) is 3.58. The molecule has 0 N–H and O–H groups in total. The standard InChI is InChI=1S/C11H9BrClN3/c12-10-5-7(13)1-4-9(10)11-15-14-6-16(11)8-2-3-8/h1,4-6,8H,2-3H2. The average Bonchev–Trinajstić information content (AvgIpc) is 2.98. The van der Waals surface area contributed by atoms with Gasteiger partial charge < -0.3 is 4.57 Å². The molecule has 1 aliphatic rings. The largest absolute Gasteiger partial charge is 0.310 e. The summed E-state index contributed by atoms with van der Waals surface area (Å²) in [4.78, 5) is 0. The molecule has 0 unspecified atom stereocenters. The number of hydrogen-bond acceptors (Lipinski definition) is 2. The van der Waals surface area contributed by atoms with Crippen molar-refractivity contribution in [3.8, 4) is 11.4 Å². The third-order valence-electron chi connectivity index (χ3n) is 2.69. The van der Waals surface area contributed by atoms with Gasteiger partial charge in [-0.15, -0.1) is 10.2 Å². The summed E-state index contributed by atoms with van der Waals surface area (Å²) in [7, 11) is 0. The minimum Gasteiger partial charge on any atom is -0.310 e. The average molecular weight is 299 g/mol. The van der Waals surface area contributed by atoms with E-state index in [2.05, 4.69) is 30.7 Å². The Morgan fingerprint density at radius 2 is 2.19 bits per heavy atom. The summed E-state index contributed by atoms with van der Waals surface area (Å²) in [5.41, 5.74) is 1.04. The van der Waals surface area contributed by atoms with E-state index in [4.69, 9.17) is 11.6 Å². The smallest absolute Gasteiger partial charge is 0.165 e. The zero-order valence-electron chi connectivity index (χ0n) is 8.40. The molecule has 1 aromatic carbocycles. The molecule has 82 valence electrons. The molecule has 0 bridgehead atoms. The third kappa shape index (κ3) is 1.76. The number of nitrogens with zero attached hydrogens (tertiary/aromatic N) is 3. The number of aromatic nitrogens is 3. The second kappa shape index (κ2) is 3.86. The number of rotatable bonds is 2. The SMILES string of the molecule is Clc1ccc(-c2nncn2C2CC2)c(Br)c1. The van der Waals surface area contributed by atoms with E-state index in [1.54, 1.807) is 6.33 Å². The Morgan fingerprint density at radius 3 is 2.88 bits per heavy atom. The first kappa shape index (κ1) is 10.3. The number of hydrogen-bond donors (Lipinski definition) is 0. The Hall–Kier alpha value is -0.870. The Bertz CT molecular complexity index is 534. The van der Waals surface area contributed by atoms with Crippen molar-refractivity contribution >= 4 is 27.5 Å². The monoisotopic (exact) mass is 297 g/mol. The fourth-order valence-corrected chi connectivity index (χ4v) is 2.59. The molecule has 1 aromatic heterocycles. The Balaban J connectivity index is 2.10. The van der Waals surface area contributed by atoms with Crippen LogP contribution in [0.25, 0.3) is 11.4 Å². The highest BCUT2D eigenvalue weighted by Gasteiger charge is 2.27. The van der Waals surface area contributed by atoms with Crippen molar-refractivity contribution in [1.29, 1.82) is 0 Å². The Labute approximate surface area is 107 Å². The molecule has 2 aromatic rings. The van der Waals surface area contributed by atoms with Crippen molar-refractivity contribution in [2.75, 3.05) is 0 Å². The number of benzene rings is 1. The van der Waals surface area contributed by atoms with Gasteiger partial charge in [-0.2, -0.15) is 0 Å². The highest BCUT2D eigenvalue weighted by atomic mass is 79.9. The van der Waals surface area contributed by atoms with E-state index in [1.807, 2.05) is 18.2 Å². The van der Waals surface area contributed by atoms with Crippen LogP contribution in [0.2, 0.25) is 5.02 Å². The molecular formula is C11H9BrClN3. The molecule has 0 spiro atoms. The van der Waals surface area contributed by atoms with Crippen LogP contribution in [0.3, 0.4) is 0 Å². The molecule has 0 aliphatic heterocycles. The van der Waals surface area contributed by atoms with E-state index < -0.39 is 0 Å². The van der Waals surface area contributed by atoms with Gasteiger partial charge in [0.25, 0.3) is 0 Å². The van der Waals surface area contributed by atoms with Crippen LogP contribution in [0.1, 0.15) is 18.9 Å².